The van der Waals surface area contributed by atoms with Gasteiger partial charge >= 0.3 is 6.64 Å². The first-order valence-electron chi connectivity index (χ1n) is 8.16. The van der Waals surface area contributed by atoms with Crippen molar-refractivity contribution in [2.75, 3.05) is 13.2 Å². The Bertz CT molecular complexity index is 701. The number of hydrogen-bond donors (Lipinski definition) is 3. The van der Waals surface area contributed by atoms with Crippen LogP contribution in [0.25, 0.3) is 0 Å². The van der Waals surface area contributed by atoms with E-state index in [0.717, 1.165) is 19.2 Å². The van der Waals surface area contributed by atoms with E-state index in [9.17, 15) is 5.11 Å². The van der Waals surface area contributed by atoms with E-state index in [1.165, 1.54) is 4.67 Å². The normalized spacial score (nSPS) is 19.5. The molecule has 26 heavy (non-hydrogen) atoms. The fourth-order valence-corrected chi connectivity index (χ4v) is 5.42. The van der Waals surface area contributed by atoms with Gasteiger partial charge in [-0.25, -0.2) is 4.67 Å². The van der Waals surface area contributed by atoms with E-state index in [0.29, 0.717) is 12.4 Å². The Morgan fingerprint density at radius 2 is 2.12 bits per heavy atom. The number of aliphatic hydroxyl groups is 1. The molecule has 0 spiro atoms. The topological polar surface area (TPSA) is 77.8 Å². The van der Waals surface area contributed by atoms with Gasteiger partial charge in [-0.3, -0.25) is 5.41 Å². The zero-order valence-corrected chi connectivity index (χ0v) is 17.9. The Kier molecular flexibility index (Phi) is 7.04. The molecule has 0 aliphatic heterocycles. The molecule has 1 aliphatic rings. The Morgan fingerprint density at radius 1 is 1.50 bits per heavy atom. The highest BCUT2D eigenvalue weighted by molar-refractivity contribution is 8.09. The highest BCUT2D eigenvalue weighted by Gasteiger charge is 2.55. The first-order valence-corrected chi connectivity index (χ1v) is 11.5. The molecule has 0 aromatic heterocycles. The monoisotopic (exact) mass is 435 g/mol. The van der Waals surface area contributed by atoms with Crippen LogP contribution in [0.5, 0.6) is 5.75 Å². The van der Waals surface area contributed by atoms with Crippen LogP contribution in [0.3, 0.4) is 0 Å². The van der Waals surface area contributed by atoms with E-state index >= 15 is 0 Å². The number of para-hydroxylation sites is 1. The fraction of sp³-hybridized carbons (Fsp3) is 0.500. The van der Waals surface area contributed by atoms with Crippen molar-refractivity contribution in [2.24, 2.45) is 0 Å². The largest absolute Gasteiger partial charge is 0.428 e. The standard InChI is InChI=1S/C16H23ClN3O3PS2/c1-3-22-24(26,23-13-7-5-4-6-8-13)20(12-18)14(25)19-11-15(2,21)16(17)9-10-16/h4-8,12,18,21H,3,9-11H2,1-2H3,(H,19,25). The molecule has 10 heteroatoms. The van der Waals surface area contributed by atoms with Gasteiger partial charge in [0.05, 0.1) is 23.4 Å². The maximum Gasteiger partial charge on any atom is 0.349 e. The lowest BCUT2D eigenvalue weighted by Gasteiger charge is -2.34. The summed E-state index contributed by atoms with van der Waals surface area (Å²) in [6, 6.07) is 9.01. The van der Waals surface area contributed by atoms with Crippen LogP contribution in [0.4, 0.5) is 0 Å². The van der Waals surface area contributed by atoms with Gasteiger partial charge < -0.3 is 19.5 Å². The van der Waals surface area contributed by atoms with Gasteiger partial charge in [0.1, 0.15) is 5.75 Å². The minimum absolute atomic E-state index is 0.131. The lowest BCUT2D eigenvalue weighted by atomic mass is 10.0. The van der Waals surface area contributed by atoms with E-state index < -0.39 is 17.1 Å². The van der Waals surface area contributed by atoms with Gasteiger partial charge in [0.2, 0.25) is 0 Å². The third kappa shape index (κ3) is 4.94. The number of hydrogen-bond acceptors (Lipinski definition) is 6. The van der Waals surface area contributed by atoms with Gasteiger partial charge in [0.25, 0.3) is 0 Å². The third-order valence-electron chi connectivity index (χ3n) is 4.09. The van der Waals surface area contributed by atoms with Crippen molar-refractivity contribution in [1.29, 1.82) is 5.41 Å². The number of alkyl halides is 1. The summed E-state index contributed by atoms with van der Waals surface area (Å²) in [6.07, 6.45) is 2.48. The van der Waals surface area contributed by atoms with Crippen molar-refractivity contribution >= 4 is 53.7 Å². The van der Waals surface area contributed by atoms with E-state index in [4.69, 9.17) is 50.1 Å². The predicted octanol–water partition coefficient (Wildman–Crippen LogP) is 3.63. The molecular weight excluding hydrogens is 413 g/mol. The van der Waals surface area contributed by atoms with Crippen molar-refractivity contribution in [1.82, 2.24) is 9.99 Å². The number of rotatable bonds is 9. The lowest BCUT2D eigenvalue weighted by Crippen LogP contribution is -2.50. The Balaban J connectivity index is 2.12. The van der Waals surface area contributed by atoms with E-state index in [1.807, 2.05) is 18.2 Å². The van der Waals surface area contributed by atoms with Crippen LogP contribution >= 0.6 is 30.5 Å². The molecule has 144 valence electrons. The molecule has 1 saturated carbocycles. The van der Waals surface area contributed by atoms with Crippen LogP contribution in [0.1, 0.15) is 26.7 Å². The van der Waals surface area contributed by atoms with Crippen molar-refractivity contribution in [3.05, 3.63) is 30.3 Å². The van der Waals surface area contributed by atoms with Crippen LogP contribution in [-0.4, -0.2) is 44.9 Å². The molecule has 3 N–H and O–H groups in total. The van der Waals surface area contributed by atoms with Gasteiger partial charge in [-0.05, 0) is 62.8 Å². The van der Waals surface area contributed by atoms with Gasteiger partial charge in [-0.15, -0.1) is 11.6 Å². The van der Waals surface area contributed by atoms with Gasteiger partial charge in [0, 0.05) is 6.54 Å². The summed E-state index contributed by atoms with van der Waals surface area (Å²) in [4.78, 5) is -0.633. The van der Waals surface area contributed by atoms with E-state index in [2.05, 4.69) is 5.32 Å². The molecule has 2 rings (SSSR count). The molecule has 0 bridgehead atoms. The number of benzene rings is 1. The smallest absolute Gasteiger partial charge is 0.349 e. The van der Waals surface area contributed by atoms with Crippen molar-refractivity contribution in [3.63, 3.8) is 0 Å². The Labute approximate surface area is 169 Å². The Morgan fingerprint density at radius 3 is 2.62 bits per heavy atom. The van der Waals surface area contributed by atoms with Gasteiger partial charge in [-0.2, -0.15) is 0 Å². The number of nitrogens with zero attached hydrogens (tertiary/aromatic N) is 1. The first-order chi connectivity index (χ1) is 12.2. The zero-order valence-electron chi connectivity index (χ0n) is 14.6. The summed E-state index contributed by atoms with van der Waals surface area (Å²) in [7, 11) is 0. The molecular formula is C16H23ClN3O3PS2. The number of halogens is 1. The molecule has 6 nitrogen and oxygen atoms in total. The van der Waals surface area contributed by atoms with Crippen LogP contribution in [0.2, 0.25) is 0 Å². The predicted molar refractivity (Wildman–Crippen MR) is 113 cm³/mol. The van der Waals surface area contributed by atoms with Crippen LogP contribution in [0.15, 0.2) is 30.3 Å². The summed E-state index contributed by atoms with van der Waals surface area (Å²) in [6.45, 7) is 0.785. The average Bonchev–Trinajstić information content (AvgIpc) is 3.34. The van der Waals surface area contributed by atoms with Crippen LogP contribution in [-0.2, 0) is 16.3 Å². The number of thiocarbonyl (C=S) groups is 1. The average molecular weight is 436 g/mol. The van der Waals surface area contributed by atoms with Crippen molar-refractivity contribution in [3.8, 4) is 5.75 Å². The minimum Gasteiger partial charge on any atom is -0.428 e. The van der Waals surface area contributed by atoms with Crippen molar-refractivity contribution in [2.45, 2.75) is 37.2 Å². The quantitative estimate of drug-likeness (QED) is 0.180. The highest BCUT2D eigenvalue weighted by Crippen LogP contribution is 2.52. The SMILES string of the molecule is CCOP(=S)(Oc1ccccc1)N(C=N)C(=S)NCC(C)(O)C1(Cl)CC1. The molecule has 1 aliphatic carbocycles. The number of nitrogens with one attached hydrogen (secondary N) is 2. The summed E-state index contributed by atoms with van der Waals surface area (Å²) < 4.78 is 12.9. The summed E-state index contributed by atoms with van der Waals surface area (Å²) >= 11 is 17.3. The summed E-state index contributed by atoms with van der Waals surface area (Å²) in [5, 5.41) is 21.4. The molecule has 1 aromatic rings. The van der Waals surface area contributed by atoms with E-state index in [1.54, 1.807) is 26.0 Å². The maximum absolute atomic E-state index is 10.5. The summed E-state index contributed by atoms with van der Waals surface area (Å²) in [5.41, 5.74) is -1.14. The lowest BCUT2D eigenvalue weighted by molar-refractivity contribution is 0.0517. The molecule has 1 aromatic carbocycles. The molecule has 0 saturated heterocycles. The Hall–Kier alpha value is -0.760. The maximum atomic E-state index is 10.5. The third-order valence-corrected chi connectivity index (χ3v) is 8.29. The second kappa shape index (κ2) is 8.50. The fourth-order valence-electron chi connectivity index (χ4n) is 2.29. The van der Waals surface area contributed by atoms with Crippen LogP contribution in [0, 0.1) is 5.41 Å². The molecule has 0 amide bonds. The second-order valence-corrected chi connectivity index (χ2v) is 10.5. The highest BCUT2D eigenvalue weighted by atomic mass is 35.5. The molecule has 0 heterocycles. The first kappa shape index (κ1) is 21.5. The van der Waals surface area contributed by atoms with Crippen molar-refractivity contribution < 1.29 is 14.2 Å². The second-order valence-electron chi connectivity index (χ2n) is 6.16. The molecule has 2 atom stereocenters. The van der Waals surface area contributed by atoms with Gasteiger partial charge in [0.15, 0.2) is 5.11 Å². The zero-order chi connectivity index (χ0) is 19.4. The minimum atomic E-state index is -3.11. The molecule has 0 radical (unpaired) electrons. The molecule has 2 unspecified atom stereocenters. The van der Waals surface area contributed by atoms with Crippen LogP contribution < -0.4 is 9.84 Å². The summed E-state index contributed by atoms with van der Waals surface area (Å²) in [5.74, 6) is 0.531. The van der Waals surface area contributed by atoms with E-state index in [-0.39, 0.29) is 11.7 Å². The van der Waals surface area contributed by atoms with Gasteiger partial charge in [-0.1, -0.05) is 18.2 Å². The molecule has 1 fully saturated rings.